The molecule has 1 aliphatic carbocycles. The molecule has 3 nitrogen and oxygen atoms in total. The summed E-state index contributed by atoms with van der Waals surface area (Å²) in [5, 5.41) is 19.1. The van der Waals surface area contributed by atoms with Gasteiger partial charge in [0.15, 0.2) is 0 Å². The molecule has 2 atom stereocenters. The molecule has 0 heterocycles. The van der Waals surface area contributed by atoms with Crippen LogP contribution in [0.5, 0.6) is 5.75 Å². The van der Waals surface area contributed by atoms with E-state index in [4.69, 9.17) is 4.74 Å². The minimum atomic E-state index is -0.856. The molecule has 74 valence electrons. The van der Waals surface area contributed by atoms with Crippen molar-refractivity contribution in [3.63, 3.8) is 0 Å². The second-order valence-corrected chi connectivity index (χ2v) is 3.26. The molecule has 0 amide bonds. The minimum Gasteiger partial charge on any atom is -0.496 e. The average molecular weight is 192 g/mol. The molecule has 0 aliphatic heterocycles. The Morgan fingerprint density at radius 2 is 2.07 bits per heavy atom. The van der Waals surface area contributed by atoms with Crippen LogP contribution < -0.4 is 4.74 Å². The molecule has 0 radical (unpaired) electrons. The molecule has 1 aromatic rings. The van der Waals surface area contributed by atoms with Crippen LogP contribution in [-0.2, 0) is 0 Å². The maximum Gasteiger partial charge on any atom is 0.126 e. The van der Waals surface area contributed by atoms with E-state index < -0.39 is 12.2 Å². The van der Waals surface area contributed by atoms with E-state index in [2.05, 4.69) is 0 Å². The third kappa shape index (κ3) is 1.31. The van der Waals surface area contributed by atoms with Gasteiger partial charge in [-0.15, -0.1) is 0 Å². The maximum atomic E-state index is 9.69. The largest absolute Gasteiger partial charge is 0.496 e. The predicted octanol–water partition coefficient (Wildman–Crippen LogP) is 1.12. The van der Waals surface area contributed by atoms with Gasteiger partial charge in [0.25, 0.3) is 0 Å². The lowest BCUT2D eigenvalue weighted by atomic mass is 9.92. The van der Waals surface area contributed by atoms with Gasteiger partial charge in [-0.25, -0.2) is 0 Å². The van der Waals surface area contributed by atoms with Crippen molar-refractivity contribution in [3.8, 4) is 5.75 Å². The van der Waals surface area contributed by atoms with Gasteiger partial charge in [0, 0.05) is 5.56 Å². The lowest BCUT2D eigenvalue weighted by Crippen LogP contribution is -2.19. The molecule has 1 aromatic carbocycles. The Morgan fingerprint density at radius 1 is 1.29 bits per heavy atom. The van der Waals surface area contributed by atoms with Crippen molar-refractivity contribution in [2.45, 2.75) is 12.2 Å². The molecule has 14 heavy (non-hydrogen) atoms. The Hall–Kier alpha value is -1.32. The van der Waals surface area contributed by atoms with Crippen LogP contribution in [0.1, 0.15) is 17.2 Å². The van der Waals surface area contributed by atoms with Gasteiger partial charge in [-0.05, 0) is 11.6 Å². The summed E-state index contributed by atoms with van der Waals surface area (Å²) in [5.41, 5.74) is 1.55. The molecule has 2 unspecified atom stereocenters. The highest BCUT2D eigenvalue weighted by Gasteiger charge is 2.23. The number of aliphatic hydroxyl groups excluding tert-OH is 2. The average Bonchev–Trinajstić information content (AvgIpc) is 2.23. The summed E-state index contributed by atoms with van der Waals surface area (Å²) in [7, 11) is 1.58. The topological polar surface area (TPSA) is 49.7 Å². The first-order valence-corrected chi connectivity index (χ1v) is 4.45. The van der Waals surface area contributed by atoms with Gasteiger partial charge < -0.3 is 14.9 Å². The van der Waals surface area contributed by atoms with Gasteiger partial charge in [0.2, 0.25) is 0 Å². The fourth-order valence-corrected chi connectivity index (χ4v) is 1.66. The molecule has 0 saturated heterocycles. The molecule has 3 heteroatoms. The van der Waals surface area contributed by atoms with E-state index in [1.807, 2.05) is 6.07 Å². The molecule has 0 bridgehead atoms. The number of benzene rings is 1. The van der Waals surface area contributed by atoms with Crippen molar-refractivity contribution >= 4 is 6.08 Å². The summed E-state index contributed by atoms with van der Waals surface area (Å²) in [6, 6.07) is 5.41. The van der Waals surface area contributed by atoms with Gasteiger partial charge in [0.05, 0.1) is 7.11 Å². The summed E-state index contributed by atoms with van der Waals surface area (Å²) in [4.78, 5) is 0. The van der Waals surface area contributed by atoms with E-state index in [9.17, 15) is 10.2 Å². The number of ether oxygens (including phenoxy) is 1. The van der Waals surface area contributed by atoms with Crippen molar-refractivity contribution < 1.29 is 14.9 Å². The molecule has 0 aromatic heterocycles. The summed E-state index contributed by atoms with van der Waals surface area (Å²) in [6.45, 7) is 0. The van der Waals surface area contributed by atoms with Crippen LogP contribution in [0.4, 0.5) is 0 Å². The number of hydrogen-bond donors (Lipinski definition) is 2. The SMILES string of the molecule is COc1cccc2c1C=CC(O)C2O. The van der Waals surface area contributed by atoms with Gasteiger partial charge in [-0.3, -0.25) is 0 Å². The van der Waals surface area contributed by atoms with Crippen LogP contribution in [0.3, 0.4) is 0 Å². The zero-order valence-corrected chi connectivity index (χ0v) is 7.84. The highest BCUT2D eigenvalue weighted by atomic mass is 16.5. The van der Waals surface area contributed by atoms with Crippen LogP contribution in [0.15, 0.2) is 24.3 Å². The van der Waals surface area contributed by atoms with E-state index in [0.29, 0.717) is 11.3 Å². The zero-order valence-electron chi connectivity index (χ0n) is 7.84. The first-order valence-electron chi connectivity index (χ1n) is 4.45. The molecule has 0 saturated carbocycles. The molecule has 1 aliphatic rings. The first kappa shape index (κ1) is 9.24. The summed E-state index contributed by atoms with van der Waals surface area (Å²) in [5.74, 6) is 0.713. The van der Waals surface area contributed by atoms with Crippen molar-refractivity contribution in [2.24, 2.45) is 0 Å². The standard InChI is InChI=1S/C11H12O3/c1-14-10-4-2-3-8-7(10)5-6-9(12)11(8)13/h2-6,9,11-13H,1H3. The third-order valence-corrected chi connectivity index (χ3v) is 2.42. The lowest BCUT2D eigenvalue weighted by Gasteiger charge is -2.22. The fourth-order valence-electron chi connectivity index (χ4n) is 1.66. The summed E-state index contributed by atoms with van der Waals surface area (Å²) < 4.78 is 5.15. The van der Waals surface area contributed by atoms with Crippen molar-refractivity contribution in [3.05, 3.63) is 35.4 Å². The van der Waals surface area contributed by atoms with Crippen LogP contribution in [0, 0.1) is 0 Å². The number of fused-ring (bicyclic) bond motifs is 1. The monoisotopic (exact) mass is 192 g/mol. The second-order valence-electron chi connectivity index (χ2n) is 3.26. The number of methoxy groups -OCH3 is 1. The van der Waals surface area contributed by atoms with Crippen LogP contribution in [0.25, 0.3) is 6.08 Å². The van der Waals surface area contributed by atoms with Crippen molar-refractivity contribution in [1.29, 1.82) is 0 Å². The summed E-state index contributed by atoms with van der Waals surface area (Å²) >= 11 is 0. The normalized spacial score (nSPS) is 24.5. The Bertz CT molecular complexity index is 371. The van der Waals surface area contributed by atoms with Crippen LogP contribution in [0.2, 0.25) is 0 Å². The predicted molar refractivity (Wildman–Crippen MR) is 53.0 cm³/mol. The van der Waals surface area contributed by atoms with Crippen LogP contribution >= 0.6 is 0 Å². The smallest absolute Gasteiger partial charge is 0.126 e. The maximum absolute atomic E-state index is 9.69. The Labute approximate surface area is 82.3 Å². The fraction of sp³-hybridized carbons (Fsp3) is 0.273. The number of hydrogen-bond acceptors (Lipinski definition) is 3. The van der Waals surface area contributed by atoms with E-state index in [1.54, 1.807) is 31.4 Å². The lowest BCUT2D eigenvalue weighted by molar-refractivity contribution is 0.0468. The van der Waals surface area contributed by atoms with E-state index in [-0.39, 0.29) is 0 Å². The van der Waals surface area contributed by atoms with Gasteiger partial charge in [-0.2, -0.15) is 0 Å². The molecule has 0 spiro atoms. The Kier molecular flexibility index (Phi) is 2.27. The quantitative estimate of drug-likeness (QED) is 0.701. The number of rotatable bonds is 1. The minimum absolute atomic E-state index is 0.708. The molecule has 0 fully saturated rings. The van der Waals surface area contributed by atoms with Gasteiger partial charge >= 0.3 is 0 Å². The van der Waals surface area contributed by atoms with E-state index in [0.717, 1.165) is 5.56 Å². The Balaban J connectivity index is 2.55. The van der Waals surface area contributed by atoms with E-state index >= 15 is 0 Å². The highest BCUT2D eigenvalue weighted by Crippen LogP contribution is 2.33. The van der Waals surface area contributed by atoms with Gasteiger partial charge in [-0.1, -0.05) is 24.3 Å². The molecule has 2 rings (SSSR count). The van der Waals surface area contributed by atoms with E-state index in [1.165, 1.54) is 0 Å². The Morgan fingerprint density at radius 3 is 2.79 bits per heavy atom. The van der Waals surface area contributed by atoms with Gasteiger partial charge in [0.1, 0.15) is 18.0 Å². The molecule has 2 N–H and O–H groups in total. The van der Waals surface area contributed by atoms with Crippen LogP contribution in [-0.4, -0.2) is 23.4 Å². The second kappa shape index (κ2) is 3.44. The number of aliphatic hydroxyl groups is 2. The van der Waals surface area contributed by atoms with Crippen molar-refractivity contribution in [1.82, 2.24) is 0 Å². The third-order valence-electron chi connectivity index (χ3n) is 2.42. The van der Waals surface area contributed by atoms with Crippen molar-refractivity contribution in [2.75, 3.05) is 7.11 Å². The summed E-state index contributed by atoms with van der Waals surface area (Å²) in [6.07, 6.45) is 1.65. The molecular weight excluding hydrogens is 180 g/mol. The highest BCUT2D eigenvalue weighted by molar-refractivity contribution is 5.64. The zero-order chi connectivity index (χ0) is 10.1. The molecular formula is C11H12O3. The first-order chi connectivity index (χ1) is 6.74.